The number of carboxylic acids is 1. The average molecular weight is 306 g/mol. The highest BCUT2D eigenvalue weighted by molar-refractivity contribution is 6.33. The summed E-state index contributed by atoms with van der Waals surface area (Å²) in [5, 5.41) is 9.16. The first-order chi connectivity index (χ1) is 10.0. The van der Waals surface area contributed by atoms with Gasteiger partial charge in [-0.15, -0.1) is 0 Å². The van der Waals surface area contributed by atoms with Gasteiger partial charge in [-0.3, -0.25) is 0 Å². The lowest BCUT2D eigenvalue weighted by atomic mass is 9.98. The van der Waals surface area contributed by atoms with Gasteiger partial charge in [-0.2, -0.15) is 0 Å². The summed E-state index contributed by atoms with van der Waals surface area (Å²) in [7, 11) is 0. The number of hydrogen-bond donors (Lipinski definition) is 1. The van der Waals surface area contributed by atoms with Gasteiger partial charge in [-0.05, 0) is 24.0 Å². The van der Waals surface area contributed by atoms with E-state index < -0.39 is 5.97 Å². The third kappa shape index (κ3) is 3.52. The number of carboxylic acid groups (broad SMARTS) is 1. The maximum atomic E-state index is 11.1. The van der Waals surface area contributed by atoms with Crippen molar-refractivity contribution >= 4 is 17.6 Å². The Labute approximate surface area is 128 Å². The minimum absolute atomic E-state index is 0.0253. The Morgan fingerprint density at radius 3 is 2.81 bits per heavy atom. The fourth-order valence-corrected chi connectivity index (χ4v) is 2.14. The Morgan fingerprint density at radius 1 is 1.43 bits per heavy atom. The van der Waals surface area contributed by atoms with Gasteiger partial charge in [-0.25, -0.2) is 9.78 Å². The summed E-state index contributed by atoms with van der Waals surface area (Å²) in [4.78, 5) is 15.1. The quantitative estimate of drug-likeness (QED) is 0.866. The number of aromatic nitrogens is 1. The molecule has 1 N–H and O–H groups in total. The van der Waals surface area contributed by atoms with Crippen molar-refractivity contribution in [1.82, 2.24) is 4.98 Å². The highest BCUT2D eigenvalue weighted by Gasteiger charge is 2.14. The number of hydrogen-bond acceptors (Lipinski definition) is 3. The summed E-state index contributed by atoms with van der Waals surface area (Å²) in [6, 6.07) is 9.00. The number of carbonyl (C=O) groups is 1. The van der Waals surface area contributed by atoms with Crippen LogP contribution in [0.3, 0.4) is 0 Å². The lowest BCUT2D eigenvalue weighted by molar-refractivity contribution is 0.0696. The molecule has 0 saturated carbocycles. The van der Waals surface area contributed by atoms with Crippen molar-refractivity contribution in [3.05, 3.63) is 52.7 Å². The molecule has 0 aliphatic heterocycles. The molecule has 4 nitrogen and oxygen atoms in total. The zero-order chi connectivity index (χ0) is 15.4. The third-order valence-electron chi connectivity index (χ3n) is 3.34. The van der Waals surface area contributed by atoms with Crippen molar-refractivity contribution in [3.8, 4) is 11.6 Å². The van der Waals surface area contributed by atoms with Gasteiger partial charge in [0.2, 0.25) is 5.88 Å². The van der Waals surface area contributed by atoms with Crippen molar-refractivity contribution < 1.29 is 14.6 Å². The minimum Gasteiger partial charge on any atom is -0.478 e. The van der Waals surface area contributed by atoms with Gasteiger partial charge in [0.05, 0.1) is 16.8 Å². The second kappa shape index (κ2) is 6.59. The molecule has 2 rings (SSSR count). The van der Waals surface area contributed by atoms with Crippen LogP contribution in [0.4, 0.5) is 0 Å². The number of pyridine rings is 1. The molecule has 5 heteroatoms. The fraction of sp³-hybridized carbons (Fsp3) is 0.250. The maximum absolute atomic E-state index is 11.1. The Hall–Kier alpha value is -2.07. The van der Waals surface area contributed by atoms with Crippen LogP contribution in [0.5, 0.6) is 11.6 Å². The van der Waals surface area contributed by atoms with E-state index in [4.69, 9.17) is 21.4 Å². The Balaban J connectivity index is 2.35. The predicted octanol–water partition coefficient (Wildman–Crippen LogP) is 4.74. The number of halogens is 1. The third-order valence-corrected chi connectivity index (χ3v) is 3.64. The van der Waals surface area contributed by atoms with Gasteiger partial charge in [0, 0.05) is 6.07 Å². The van der Waals surface area contributed by atoms with Crippen LogP contribution >= 0.6 is 11.6 Å². The van der Waals surface area contributed by atoms with E-state index in [-0.39, 0.29) is 16.5 Å². The number of benzene rings is 1. The first-order valence-corrected chi connectivity index (χ1v) is 7.06. The summed E-state index contributed by atoms with van der Waals surface area (Å²) in [6.45, 7) is 4.21. The molecular formula is C16H16ClNO3. The molecule has 1 atom stereocenters. The van der Waals surface area contributed by atoms with Crippen LogP contribution in [0.1, 0.15) is 42.1 Å². The van der Waals surface area contributed by atoms with E-state index in [1.807, 2.05) is 24.3 Å². The van der Waals surface area contributed by atoms with E-state index in [0.29, 0.717) is 11.7 Å². The first kappa shape index (κ1) is 15.3. The standard InChI is InChI=1S/C16H16ClNO3/c1-3-10(2)11-6-4-5-7-14(11)21-15-8-12(16(19)20)13(17)9-18-15/h4-10H,3H2,1-2H3,(H,19,20). The predicted molar refractivity (Wildman–Crippen MR) is 81.4 cm³/mol. The van der Waals surface area contributed by atoms with Crippen LogP contribution < -0.4 is 4.74 Å². The average Bonchev–Trinajstić information content (AvgIpc) is 2.48. The van der Waals surface area contributed by atoms with Gasteiger partial charge in [0.25, 0.3) is 0 Å². The molecule has 0 amide bonds. The fourth-order valence-electron chi connectivity index (χ4n) is 1.95. The Morgan fingerprint density at radius 2 is 2.14 bits per heavy atom. The van der Waals surface area contributed by atoms with Crippen molar-refractivity contribution in [3.63, 3.8) is 0 Å². The van der Waals surface area contributed by atoms with E-state index in [1.165, 1.54) is 12.3 Å². The molecule has 1 aromatic heterocycles. The summed E-state index contributed by atoms with van der Waals surface area (Å²) >= 11 is 5.80. The molecule has 0 radical (unpaired) electrons. The number of rotatable bonds is 5. The lowest BCUT2D eigenvalue weighted by Crippen LogP contribution is -2.01. The molecule has 110 valence electrons. The number of para-hydroxylation sites is 1. The molecule has 1 heterocycles. The summed E-state index contributed by atoms with van der Waals surface area (Å²) in [5.41, 5.74) is 1.04. The largest absolute Gasteiger partial charge is 0.478 e. The van der Waals surface area contributed by atoms with E-state index in [0.717, 1.165) is 12.0 Å². The monoisotopic (exact) mass is 305 g/mol. The van der Waals surface area contributed by atoms with E-state index in [9.17, 15) is 4.79 Å². The van der Waals surface area contributed by atoms with Crippen molar-refractivity contribution in [2.24, 2.45) is 0 Å². The van der Waals surface area contributed by atoms with Gasteiger partial charge < -0.3 is 9.84 Å². The van der Waals surface area contributed by atoms with Gasteiger partial charge in [0.1, 0.15) is 5.75 Å². The van der Waals surface area contributed by atoms with Crippen LogP contribution in [-0.2, 0) is 0 Å². The van der Waals surface area contributed by atoms with Gasteiger partial charge in [0.15, 0.2) is 0 Å². The molecule has 0 aliphatic rings. The molecule has 0 fully saturated rings. The highest BCUT2D eigenvalue weighted by atomic mass is 35.5. The zero-order valence-electron chi connectivity index (χ0n) is 11.8. The molecule has 0 aliphatic carbocycles. The second-order valence-electron chi connectivity index (χ2n) is 4.76. The van der Waals surface area contributed by atoms with Crippen molar-refractivity contribution in [2.75, 3.05) is 0 Å². The van der Waals surface area contributed by atoms with Crippen LogP contribution in [0.2, 0.25) is 5.02 Å². The van der Waals surface area contributed by atoms with Crippen molar-refractivity contribution in [1.29, 1.82) is 0 Å². The van der Waals surface area contributed by atoms with Gasteiger partial charge >= 0.3 is 5.97 Å². The van der Waals surface area contributed by atoms with Gasteiger partial charge in [-0.1, -0.05) is 43.6 Å². The van der Waals surface area contributed by atoms with E-state index >= 15 is 0 Å². The normalized spacial score (nSPS) is 12.0. The molecular weight excluding hydrogens is 290 g/mol. The topological polar surface area (TPSA) is 59.4 Å². The smallest absolute Gasteiger partial charge is 0.337 e. The SMILES string of the molecule is CCC(C)c1ccccc1Oc1cc(C(=O)O)c(Cl)cn1. The molecule has 1 aromatic carbocycles. The van der Waals surface area contributed by atoms with Crippen LogP contribution in [0, 0.1) is 0 Å². The minimum atomic E-state index is -1.11. The summed E-state index contributed by atoms with van der Waals surface area (Å²) in [5.74, 6) is 0.125. The molecule has 1 unspecified atom stereocenters. The number of aromatic carboxylic acids is 1. The van der Waals surface area contributed by atoms with Crippen LogP contribution in [0.15, 0.2) is 36.5 Å². The van der Waals surface area contributed by atoms with E-state index in [1.54, 1.807) is 0 Å². The second-order valence-corrected chi connectivity index (χ2v) is 5.16. The van der Waals surface area contributed by atoms with Crippen molar-refractivity contribution in [2.45, 2.75) is 26.2 Å². The molecule has 0 saturated heterocycles. The first-order valence-electron chi connectivity index (χ1n) is 6.68. The maximum Gasteiger partial charge on any atom is 0.337 e. The van der Waals surface area contributed by atoms with Crippen LogP contribution in [0.25, 0.3) is 0 Å². The number of nitrogens with zero attached hydrogens (tertiary/aromatic N) is 1. The van der Waals surface area contributed by atoms with Crippen LogP contribution in [-0.4, -0.2) is 16.1 Å². The molecule has 0 spiro atoms. The van der Waals surface area contributed by atoms with E-state index in [2.05, 4.69) is 18.8 Å². The summed E-state index contributed by atoms with van der Waals surface area (Å²) < 4.78 is 5.75. The Bertz CT molecular complexity index is 658. The highest BCUT2D eigenvalue weighted by Crippen LogP contribution is 2.32. The molecule has 0 bridgehead atoms. The Kier molecular flexibility index (Phi) is 4.81. The molecule has 2 aromatic rings. The molecule has 21 heavy (non-hydrogen) atoms. The number of ether oxygens (including phenoxy) is 1. The zero-order valence-corrected chi connectivity index (χ0v) is 12.6. The lowest BCUT2D eigenvalue weighted by Gasteiger charge is -2.15. The summed E-state index contributed by atoms with van der Waals surface area (Å²) in [6.07, 6.45) is 2.26.